The number of hydrogen-bond donors (Lipinski definition) is 0. The molecule has 1 aromatic carbocycles. The Balaban J connectivity index is 2.29. The molecular formula is C10H8FNO2S2. The molecule has 3 nitrogen and oxygen atoms in total. The van der Waals surface area contributed by atoms with E-state index >= 15 is 0 Å². The maximum Gasteiger partial charge on any atom is 0.184 e. The van der Waals surface area contributed by atoms with Crippen LogP contribution in [-0.4, -0.2) is 13.4 Å². The van der Waals surface area contributed by atoms with Crippen molar-refractivity contribution in [1.82, 2.24) is 4.98 Å². The Morgan fingerprint density at radius 3 is 2.50 bits per heavy atom. The van der Waals surface area contributed by atoms with Gasteiger partial charge in [-0.25, -0.2) is 17.8 Å². The van der Waals surface area contributed by atoms with Crippen LogP contribution in [-0.2, 0) is 15.6 Å². The van der Waals surface area contributed by atoms with E-state index in [2.05, 4.69) is 4.98 Å². The fourth-order valence-corrected chi connectivity index (χ4v) is 3.16. The summed E-state index contributed by atoms with van der Waals surface area (Å²) in [6.07, 6.45) is 0. The Morgan fingerprint density at radius 1 is 1.25 bits per heavy atom. The highest BCUT2D eigenvalue weighted by molar-refractivity contribution is 7.90. The molecule has 2 aromatic rings. The fourth-order valence-electron chi connectivity index (χ4n) is 1.23. The predicted octanol–water partition coefficient (Wildman–Crippen LogP) is 2.26. The zero-order valence-electron chi connectivity index (χ0n) is 8.13. The summed E-state index contributed by atoms with van der Waals surface area (Å²) in [7, 11) is -3.42. The van der Waals surface area contributed by atoms with Crippen molar-refractivity contribution in [3.05, 3.63) is 46.7 Å². The molecule has 0 amide bonds. The van der Waals surface area contributed by atoms with Gasteiger partial charge in [0.15, 0.2) is 9.84 Å². The van der Waals surface area contributed by atoms with Crippen LogP contribution in [0.1, 0.15) is 5.69 Å². The number of aromatic nitrogens is 1. The maximum atomic E-state index is 12.6. The molecule has 84 valence electrons. The molecule has 1 aromatic heterocycles. The smallest absolute Gasteiger partial charge is 0.184 e. The van der Waals surface area contributed by atoms with Crippen molar-refractivity contribution in [3.8, 4) is 0 Å². The van der Waals surface area contributed by atoms with Crippen LogP contribution in [0.15, 0.2) is 40.1 Å². The minimum Gasteiger partial charge on any atom is -0.249 e. The van der Waals surface area contributed by atoms with Gasteiger partial charge in [0.2, 0.25) is 0 Å². The average molecular weight is 257 g/mol. The second-order valence-corrected chi connectivity index (χ2v) is 5.90. The van der Waals surface area contributed by atoms with Crippen LogP contribution >= 0.6 is 11.3 Å². The van der Waals surface area contributed by atoms with Gasteiger partial charge in [0.1, 0.15) is 5.82 Å². The second-order valence-electron chi connectivity index (χ2n) is 3.19. The lowest BCUT2D eigenvalue weighted by Crippen LogP contribution is -2.05. The number of thiazole rings is 1. The minimum absolute atomic E-state index is 0.113. The van der Waals surface area contributed by atoms with E-state index in [0.717, 1.165) is 12.1 Å². The van der Waals surface area contributed by atoms with Crippen molar-refractivity contribution in [3.63, 3.8) is 0 Å². The number of hydrogen-bond acceptors (Lipinski definition) is 4. The lowest BCUT2D eigenvalue weighted by atomic mass is 10.4. The zero-order chi connectivity index (χ0) is 11.6. The molecule has 0 spiro atoms. The van der Waals surface area contributed by atoms with Crippen LogP contribution < -0.4 is 0 Å². The Kier molecular flexibility index (Phi) is 3.02. The SMILES string of the molecule is O=S(=O)(Cc1cscn1)c1ccc(F)cc1. The van der Waals surface area contributed by atoms with E-state index in [1.54, 1.807) is 10.9 Å². The summed E-state index contributed by atoms with van der Waals surface area (Å²) >= 11 is 1.34. The normalized spacial score (nSPS) is 11.6. The first kappa shape index (κ1) is 11.2. The van der Waals surface area contributed by atoms with Crippen LogP contribution in [0.4, 0.5) is 4.39 Å². The van der Waals surface area contributed by atoms with Crippen molar-refractivity contribution >= 4 is 21.2 Å². The molecule has 0 bridgehead atoms. The molecule has 0 radical (unpaired) electrons. The van der Waals surface area contributed by atoms with Crippen molar-refractivity contribution in [2.75, 3.05) is 0 Å². The number of nitrogens with zero attached hydrogens (tertiary/aromatic N) is 1. The van der Waals surface area contributed by atoms with Crippen molar-refractivity contribution < 1.29 is 12.8 Å². The molecule has 0 saturated heterocycles. The molecule has 0 aliphatic carbocycles. The number of benzene rings is 1. The van der Waals surface area contributed by atoms with Gasteiger partial charge in [-0.1, -0.05) is 0 Å². The van der Waals surface area contributed by atoms with Gasteiger partial charge in [-0.3, -0.25) is 0 Å². The Bertz CT molecular complexity index is 561. The summed E-state index contributed by atoms with van der Waals surface area (Å²) in [5, 5.41) is 1.68. The fraction of sp³-hybridized carbons (Fsp3) is 0.100. The van der Waals surface area contributed by atoms with Crippen LogP contribution in [0.25, 0.3) is 0 Å². The van der Waals surface area contributed by atoms with E-state index in [0.29, 0.717) is 5.69 Å². The zero-order valence-corrected chi connectivity index (χ0v) is 9.76. The molecule has 0 saturated carbocycles. The van der Waals surface area contributed by atoms with E-state index in [1.807, 2.05) is 0 Å². The lowest BCUT2D eigenvalue weighted by molar-refractivity contribution is 0.593. The van der Waals surface area contributed by atoms with Gasteiger partial charge in [-0.05, 0) is 24.3 Å². The first-order valence-electron chi connectivity index (χ1n) is 4.43. The third-order valence-electron chi connectivity index (χ3n) is 1.99. The molecule has 0 atom stereocenters. The monoisotopic (exact) mass is 257 g/mol. The summed E-state index contributed by atoms with van der Waals surface area (Å²) in [6, 6.07) is 4.79. The van der Waals surface area contributed by atoms with Crippen molar-refractivity contribution in [2.24, 2.45) is 0 Å². The number of sulfone groups is 1. The van der Waals surface area contributed by atoms with E-state index < -0.39 is 15.7 Å². The third-order valence-corrected chi connectivity index (χ3v) is 4.30. The summed E-state index contributed by atoms with van der Waals surface area (Å²) in [5.74, 6) is -0.602. The standard InChI is InChI=1S/C10H8FNO2S2/c11-8-1-3-10(4-2-8)16(13,14)6-9-5-15-7-12-9/h1-5,7H,6H2. The molecular weight excluding hydrogens is 249 g/mol. The summed E-state index contributed by atoms with van der Waals surface area (Å²) < 4.78 is 36.4. The largest absolute Gasteiger partial charge is 0.249 e. The first-order valence-corrected chi connectivity index (χ1v) is 7.03. The topological polar surface area (TPSA) is 47.0 Å². The van der Waals surface area contributed by atoms with Gasteiger partial charge in [0, 0.05) is 5.38 Å². The predicted molar refractivity (Wildman–Crippen MR) is 59.4 cm³/mol. The van der Waals surface area contributed by atoms with Gasteiger partial charge in [0.05, 0.1) is 21.9 Å². The van der Waals surface area contributed by atoms with E-state index in [9.17, 15) is 12.8 Å². The third kappa shape index (κ3) is 2.45. The molecule has 2 rings (SSSR count). The van der Waals surface area contributed by atoms with Gasteiger partial charge in [0.25, 0.3) is 0 Å². The minimum atomic E-state index is -3.42. The molecule has 0 N–H and O–H groups in total. The van der Waals surface area contributed by atoms with Gasteiger partial charge in [-0.2, -0.15) is 0 Å². The Morgan fingerprint density at radius 2 is 1.94 bits per heavy atom. The molecule has 0 aliphatic heterocycles. The van der Waals surface area contributed by atoms with Gasteiger partial charge >= 0.3 is 0 Å². The van der Waals surface area contributed by atoms with Crippen LogP contribution in [0, 0.1) is 5.82 Å². The average Bonchev–Trinajstić information content (AvgIpc) is 2.70. The second kappa shape index (κ2) is 4.31. The Labute approximate surface area is 96.5 Å². The molecule has 1 heterocycles. The van der Waals surface area contributed by atoms with Gasteiger partial charge in [-0.15, -0.1) is 11.3 Å². The van der Waals surface area contributed by atoms with E-state index in [-0.39, 0.29) is 10.6 Å². The Hall–Kier alpha value is -1.27. The molecule has 16 heavy (non-hydrogen) atoms. The summed E-state index contributed by atoms with van der Waals surface area (Å²) in [6.45, 7) is 0. The molecule has 0 unspecified atom stereocenters. The molecule has 6 heteroatoms. The molecule has 0 aliphatic rings. The van der Waals surface area contributed by atoms with Crippen LogP contribution in [0.3, 0.4) is 0 Å². The highest BCUT2D eigenvalue weighted by Gasteiger charge is 2.16. The van der Waals surface area contributed by atoms with Crippen LogP contribution in [0.2, 0.25) is 0 Å². The quantitative estimate of drug-likeness (QED) is 0.792. The van der Waals surface area contributed by atoms with E-state index in [1.165, 1.54) is 23.5 Å². The molecule has 0 fully saturated rings. The van der Waals surface area contributed by atoms with Crippen molar-refractivity contribution in [1.29, 1.82) is 0 Å². The summed E-state index contributed by atoms with van der Waals surface area (Å²) in [5.41, 5.74) is 2.09. The lowest BCUT2D eigenvalue weighted by Gasteiger charge is -2.01. The van der Waals surface area contributed by atoms with Crippen molar-refractivity contribution in [2.45, 2.75) is 10.6 Å². The van der Waals surface area contributed by atoms with Crippen LogP contribution in [0.5, 0.6) is 0 Å². The highest BCUT2D eigenvalue weighted by atomic mass is 32.2. The summed E-state index contributed by atoms with van der Waals surface area (Å²) in [4.78, 5) is 4.02. The van der Waals surface area contributed by atoms with E-state index in [4.69, 9.17) is 0 Å². The highest BCUT2D eigenvalue weighted by Crippen LogP contribution is 2.16. The number of halogens is 1. The van der Waals surface area contributed by atoms with Gasteiger partial charge < -0.3 is 0 Å². The first-order chi connectivity index (χ1) is 7.58. The maximum absolute atomic E-state index is 12.6. The number of rotatable bonds is 3.